The van der Waals surface area contributed by atoms with Crippen LogP contribution in [0.1, 0.15) is 39.5 Å². The maximum Gasteiger partial charge on any atom is 0.0445 e. The molecule has 16 heavy (non-hydrogen) atoms. The van der Waals surface area contributed by atoms with Crippen LogP contribution < -0.4 is 5.32 Å². The van der Waals surface area contributed by atoms with Gasteiger partial charge in [0, 0.05) is 12.6 Å². The van der Waals surface area contributed by atoms with Crippen molar-refractivity contribution >= 4 is 0 Å². The Balaban J connectivity index is 2.03. The van der Waals surface area contributed by atoms with Gasteiger partial charge in [0.2, 0.25) is 0 Å². The molecule has 0 spiro atoms. The van der Waals surface area contributed by atoms with Crippen LogP contribution in [0.25, 0.3) is 0 Å². The van der Waals surface area contributed by atoms with Gasteiger partial charge in [-0.2, -0.15) is 0 Å². The van der Waals surface area contributed by atoms with Crippen LogP contribution in [0, 0.1) is 5.92 Å². The first kappa shape index (κ1) is 13.9. The highest BCUT2D eigenvalue weighted by atomic mass is 16.3. The summed E-state index contributed by atoms with van der Waals surface area (Å²) in [6.07, 6.45) is 4.87. The zero-order valence-corrected chi connectivity index (χ0v) is 10.9. The normalized spacial score (nSPS) is 19.5. The van der Waals surface area contributed by atoms with Gasteiger partial charge >= 0.3 is 0 Å². The number of hydrogen-bond donors (Lipinski definition) is 2. The Bertz CT molecular complexity index is 167. The van der Waals surface area contributed by atoms with E-state index in [1.807, 2.05) is 0 Å². The van der Waals surface area contributed by atoms with Gasteiger partial charge in [-0.15, -0.1) is 0 Å². The lowest BCUT2D eigenvalue weighted by molar-refractivity contribution is 0.241. The van der Waals surface area contributed by atoms with Crippen molar-refractivity contribution in [1.82, 2.24) is 10.2 Å². The van der Waals surface area contributed by atoms with E-state index in [1.54, 1.807) is 0 Å². The molecule has 1 fully saturated rings. The van der Waals surface area contributed by atoms with E-state index in [2.05, 4.69) is 24.1 Å². The van der Waals surface area contributed by atoms with Crippen LogP contribution in [0.4, 0.5) is 0 Å². The van der Waals surface area contributed by atoms with E-state index in [1.165, 1.54) is 38.9 Å². The van der Waals surface area contributed by atoms with Gasteiger partial charge in [0.1, 0.15) is 0 Å². The number of aliphatic hydroxyl groups excluding tert-OH is 1. The second-order valence-electron chi connectivity index (χ2n) is 5.22. The van der Waals surface area contributed by atoms with Gasteiger partial charge in [-0.3, -0.25) is 0 Å². The van der Waals surface area contributed by atoms with Crippen LogP contribution in [0.3, 0.4) is 0 Å². The molecule has 0 radical (unpaired) electrons. The molecule has 1 atom stereocenters. The van der Waals surface area contributed by atoms with E-state index in [0.717, 1.165) is 13.0 Å². The van der Waals surface area contributed by atoms with Crippen LogP contribution >= 0.6 is 0 Å². The predicted molar refractivity (Wildman–Crippen MR) is 68.6 cm³/mol. The lowest BCUT2D eigenvalue weighted by atomic mass is 10.0. The van der Waals surface area contributed by atoms with E-state index in [4.69, 9.17) is 5.11 Å². The molecule has 0 saturated carbocycles. The van der Waals surface area contributed by atoms with Gasteiger partial charge in [-0.05, 0) is 57.8 Å². The van der Waals surface area contributed by atoms with Crippen molar-refractivity contribution in [3.63, 3.8) is 0 Å². The minimum Gasteiger partial charge on any atom is -0.396 e. The molecule has 1 saturated heterocycles. The van der Waals surface area contributed by atoms with Crippen molar-refractivity contribution in [2.24, 2.45) is 5.92 Å². The molecule has 96 valence electrons. The van der Waals surface area contributed by atoms with E-state index in [0.29, 0.717) is 18.6 Å². The average Bonchev–Trinajstić information content (AvgIpc) is 2.75. The van der Waals surface area contributed by atoms with E-state index < -0.39 is 0 Å². The van der Waals surface area contributed by atoms with Crippen molar-refractivity contribution in [2.75, 3.05) is 32.8 Å². The van der Waals surface area contributed by atoms with E-state index in [-0.39, 0.29) is 0 Å². The summed E-state index contributed by atoms with van der Waals surface area (Å²) in [5.74, 6) is 0.610. The summed E-state index contributed by atoms with van der Waals surface area (Å²) in [4.78, 5) is 2.55. The van der Waals surface area contributed by atoms with Crippen molar-refractivity contribution in [3.8, 4) is 0 Å². The number of aliphatic hydroxyl groups is 1. The fraction of sp³-hybridized carbons (Fsp3) is 1.00. The molecule has 2 N–H and O–H groups in total. The average molecular weight is 228 g/mol. The summed E-state index contributed by atoms with van der Waals surface area (Å²) >= 11 is 0. The standard InChI is InChI=1S/C13H28N2O/c1-12(2)13(6-11-16)14-7-5-10-15-8-3-4-9-15/h12-14,16H,3-11H2,1-2H3. The summed E-state index contributed by atoms with van der Waals surface area (Å²) < 4.78 is 0. The van der Waals surface area contributed by atoms with E-state index >= 15 is 0 Å². The van der Waals surface area contributed by atoms with Gasteiger partial charge in [0.25, 0.3) is 0 Å². The van der Waals surface area contributed by atoms with Crippen LogP contribution in [-0.4, -0.2) is 48.8 Å². The molecule has 1 heterocycles. The quantitative estimate of drug-likeness (QED) is 0.618. The predicted octanol–water partition coefficient (Wildman–Crippen LogP) is 1.47. The summed E-state index contributed by atoms with van der Waals surface area (Å²) in [5.41, 5.74) is 0. The molecule has 0 aromatic carbocycles. The summed E-state index contributed by atoms with van der Waals surface area (Å²) in [6, 6.07) is 0.476. The Morgan fingerprint density at radius 1 is 1.25 bits per heavy atom. The lowest BCUT2D eigenvalue weighted by Crippen LogP contribution is -2.36. The van der Waals surface area contributed by atoms with Gasteiger partial charge < -0.3 is 15.3 Å². The Morgan fingerprint density at radius 2 is 1.94 bits per heavy atom. The Kier molecular flexibility index (Phi) is 7.01. The van der Waals surface area contributed by atoms with Gasteiger partial charge in [0.05, 0.1) is 0 Å². The molecule has 1 aliphatic rings. The minimum atomic E-state index is 0.294. The van der Waals surface area contributed by atoms with Gasteiger partial charge in [-0.25, -0.2) is 0 Å². The second kappa shape index (κ2) is 8.04. The second-order valence-corrected chi connectivity index (χ2v) is 5.22. The smallest absolute Gasteiger partial charge is 0.0445 e. The highest BCUT2D eigenvalue weighted by Crippen LogP contribution is 2.08. The first-order valence-corrected chi connectivity index (χ1v) is 6.80. The number of rotatable bonds is 8. The van der Waals surface area contributed by atoms with Gasteiger partial charge in [0.15, 0.2) is 0 Å². The molecule has 1 rings (SSSR count). The van der Waals surface area contributed by atoms with Crippen LogP contribution in [-0.2, 0) is 0 Å². The zero-order valence-electron chi connectivity index (χ0n) is 10.9. The van der Waals surface area contributed by atoms with Crippen molar-refractivity contribution < 1.29 is 5.11 Å². The Hall–Kier alpha value is -0.120. The van der Waals surface area contributed by atoms with Crippen molar-refractivity contribution in [3.05, 3.63) is 0 Å². The molecule has 1 unspecified atom stereocenters. The Labute approximate surface area is 100 Å². The number of likely N-dealkylation sites (tertiary alicyclic amines) is 1. The lowest BCUT2D eigenvalue weighted by Gasteiger charge is -2.22. The summed E-state index contributed by atoms with van der Waals surface area (Å²) in [5, 5.41) is 12.5. The van der Waals surface area contributed by atoms with Crippen LogP contribution in [0.5, 0.6) is 0 Å². The highest BCUT2D eigenvalue weighted by Gasteiger charge is 2.13. The largest absolute Gasteiger partial charge is 0.396 e. The molecular weight excluding hydrogens is 200 g/mol. The van der Waals surface area contributed by atoms with Gasteiger partial charge in [-0.1, -0.05) is 13.8 Å². The molecule has 0 aliphatic carbocycles. The molecule has 0 aromatic rings. The molecule has 1 aliphatic heterocycles. The summed E-state index contributed by atoms with van der Waals surface area (Å²) in [6.45, 7) is 9.63. The number of nitrogens with zero attached hydrogens (tertiary/aromatic N) is 1. The maximum absolute atomic E-state index is 8.97. The molecule has 3 heteroatoms. The van der Waals surface area contributed by atoms with Crippen molar-refractivity contribution in [1.29, 1.82) is 0 Å². The molecule has 3 nitrogen and oxygen atoms in total. The summed E-state index contributed by atoms with van der Waals surface area (Å²) in [7, 11) is 0. The van der Waals surface area contributed by atoms with Crippen LogP contribution in [0.15, 0.2) is 0 Å². The van der Waals surface area contributed by atoms with E-state index in [9.17, 15) is 0 Å². The monoisotopic (exact) mass is 228 g/mol. The Morgan fingerprint density at radius 3 is 2.50 bits per heavy atom. The topological polar surface area (TPSA) is 35.5 Å². The molecule has 0 aromatic heterocycles. The first-order chi connectivity index (χ1) is 7.74. The SMILES string of the molecule is CC(C)C(CCO)NCCCN1CCCC1. The number of hydrogen-bond acceptors (Lipinski definition) is 3. The maximum atomic E-state index is 8.97. The first-order valence-electron chi connectivity index (χ1n) is 6.80. The number of nitrogens with one attached hydrogen (secondary N) is 1. The third kappa shape index (κ3) is 5.28. The van der Waals surface area contributed by atoms with Crippen LogP contribution in [0.2, 0.25) is 0 Å². The molecule has 0 bridgehead atoms. The third-order valence-corrected chi connectivity index (χ3v) is 3.50. The zero-order chi connectivity index (χ0) is 11.8. The minimum absolute atomic E-state index is 0.294. The molecule has 0 amide bonds. The fourth-order valence-corrected chi connectivity index (χ4v) is 2.41. The fourth-order valence-electron chi connectivity index (χ4n) is 2.41. The molecular formula is C13H28N2O. The third-order valence-electron chi connectivity index (χ3n) is 3.50. The van der Waals surface area contributed by atoms with Crippen molar-refractivity contribution in [2.45, 2.75) is 45.6 Å². The highest BCUT2D eigenvalue weighted by molar-refractivity contribution is 4.71.